The Morgan fingerprint density at radius 1 is 1.05 bits per heavy atom. The number of hydrogen-bond donors (Lipinski definition) is 1. The molecule has 3 rings (SSSR count). The molecular weight excluding hydrogens is 260 g/mol. The molecule has 104 valence electrons. The molecule has 20 heavy (non-hydrogen) atoms. The van der Waals surface area contributed by atoms with Crippen LogP contribution in [0.5, 0.6) is 5.75 Å². The highest BCUT2D eigenvalue weighted by Crippen LogP contribution is 2.39. The molecule has 2 atom stereocenters. The van der Waals surface area contributed by atoms with Crippen molar-refractivity contribution in [1.29, 1.82) is 0 Å². The number of nitrogens with two attached hydrogens (primary N) is 1. The maximum atomic E-state index is 12.5. The number of rotatable bonds is 2. The Morgan fingerprint density at radius 2 is 1.75 bits per heavy atom. The Balaban J connectivity index is 1.86. The minimum atomic E-state index is -2.45. The maximum absolute atomic E-state index is 12.5. The number of halogens is 2. The van der Waals surface area contributed by atoms with Gasteiger partial charge in [0.2, 0.25) is 0 Å². The highest BCUT2D eigenvalue weighted by molar-refractivity contribution is 5.39. The van der Waals surface area contributed by atoms with Crippen molar-refractivity contribution in [2.24, 2.45) is 5.73 Å². The number of benzene rings is 2. The third-order valence-electron chi connectivity index (χ3n) is 3.62. The lowest BCUT2D eigenvalue weighted by atomic mass is 9.93. The smallest absolute Gasteiger partial charge is 0.263 e. The lowest BCUT2D eigenvalue weighted by molar-refractivity contribution is 0.150. The van der Waals surface area contributed by atoms with Gasteiger partial charge in [0.25, 0.3) is 6.43 Å². The number of ether oxygens (including phenoxy) is 1. The van der Waals surface area contributed by atoms with Gasteiger partial charge < -0.3 is 10.5 Å². The molecule has 2 aromatic carbocycles. The summed E-state index contributed by atoms with van der Waals surface area (Å²) in [5.41, 5.74) is 8.04. The number of para-hydroxylation sites is 1. The zero-order valence-corrected chi connectivity index (χ0v) is 10.8. The normalized spacial score (nSPS) is 21.4. The van der Waals surface area contributed by atoms with Gasteiger partial charge in [0.1, 0.15) is 11.9 Å². The summed E-state index contributed by atoms with van der Waals surface area (Å²) in [6.45, 7) is 0. The summed E-state index contributed by atoms with van der Waals surface area (Å²) >= 11 is 0. The van der Waals surface area contributed by atoms with E-state index in [1.807, 2.05) is 24.3 Å². The molecule has 0 spiro atoms. The Kier molecular flexibility index (Phi) is 3.40. The van der Waals surface area contributed by atoms with Crippen LogP contribution in [0.25, 0.3) is 0 Å². The first-order chi connectivity index (χ1) is 9.65. The molecule has 0 saturated carbocycles. The van der Waals surface area contributed by atoms with Crippen molar-refractivity contribution in [3.05, 3.63) is 65.2 Å². The average Bonchev–Trinajstić information content (AvgIpc) is 2.47. The number of fused-ring (bicyclic) bond motifs is 1. The van der Waals surface area contributed by atoms with Crippen LogP contribution in [-0.4, -0.2) is 0 Å². The fourth-order valence-corrected chi connectivity index (χ4v) is 2.51. The molecule has 0 radical (unpaired) electrons. The van der Waals surface area contributed by atoms with E-state index in [0.29, 0.717) is 6.42 Å². The molecular formula is C16H15F2NO. The molecule has 1 aliphatic heterocycles. The molecule has 1 unspecified atom stereocenters. The lowest BCUT2D eigenvalue weighted by Crippen LogP contribution is -2.24. The second kappa shape index (κ2) is 5.21. The van der Waals surface area contributed by atoms with Crippen LogP contribution in [-0.2, 0) is 0 Å². The third-order valence-corrected chi connectivity index (χ3v) is 3.62. The van der Waals surface area contributed by atoms with Crippen molar-refractivity contribution in [2.45, 2.75) is 25.0 Å². The molecule has 0 fully saturated rings. The van der Waals surface area contributed by atoms with Gasteiger partial charge in [-0.25, -0.2) is 8.78 Å². The first-order valence-corrected chi connectivity index (χ1v) is 6.54. The summed E-state index contributed by atoms with van der Waals surface area (Å²) in [4.78, 5) is 0. The van der Waals surface area contributed by atoms with Gasteiger partial charge in [-0.2, -0.15) is 0 Å². The van der Waals surface area contributed by atoms with Crippen molar-refractivity contribution < 1.29 is 13.5 Å². The van der Waals surface area contributed by atoms with Crippen LogP contribution in [0, 0.1) is 0 Å². The van der Waals surface area contributed by atoms with Gasteiger partial charge in [-0.15, -0.1) is 0 Å². The quantitative estimate of drug-likeness (QED) is 0.893. The van der Waals surface area contributed by atoms with E-state index in [1.54, 1.807) is 12.1 Å². The highest BCUT2D eigenvalue weighted by atomic mass is 19.3. The zero-order chi connectivity index (χ0) is 14.1. The summed E-state index contributed by atoms with van der Waals surface area (Å²) in [6.07, 6.45) is -1.99. The Morgan fingerprint density at radius 3 is 2.45 bits per heavy atom. The van der Waals surface area contributed by atoms with Gasteiger partial charge in [-0.1, -0.05) is 42.5 Å². The van der Waals surface area contributed by atoms with Gasteiger partial charge in [-0.05, 0) is 11.6 Å². The minimum absolute atomic E-state index is 0.0225. The van der Waals surface area contributed by atoms with Gasteiger partial charge in [0, 0.05) is 23.6 Å². The van der Waals surface area contributed by atoms with E-state index in [9.17, 15) is 8.78 Å². The first-order valence-electron chi connectivity index (χ1n) is 6.54. The molecule has 0 aromatic heterocycles. The summed E-state index contributed by atoms with van der Waals surface area (Å²) in [5.74, 6) is 0.772. The van der Waals surface area contributed by atoms with E-state index < -0.39 is 6.43 Å². The van der Waals surface area contributed by atoms with Gasteiger partial charge in [0.05, 0.1) is 0 Å². The largest absolute Gasteiger partial charge is 0.485 e. The average molecular weight is 275 g/mol. The number of hydrogen-bond acceptors (Lipinski definition) is 2. The van der Waals surface area contributed by atoms with E-state index in [-0.39, 0.29) is 17.7 Å². The van der Waals surface area contributed by atoms with Crippen molar-refractivity contribution >= 4 is 0 Å². The summed E-state index contributed by atoms with van der Waals surface area (Å²) in [5, 5.41) is 0. The monoisotopic (exact) mass is 275 g/mol. The second-order valence-electron chi connectivity index (χ2n) is 4.95. The molecule has 1 aliphatic rings. The van der Waals surface area contributed by atoms with Crippen molar-refractivity contribution in [3.63, 3.8) is 0 Å². The highest BCUT2D eigenvalue weighted by Gasteiger charge is 2.26. The molecule has 0 bridgehead atoms. The van der Waals surface area contributed by atoms with Gasteiger partial charge in [0.15, 0.2) is 0 Å². The topological polar surface area (TPSA) is 35.2 Å². The van der Waals surface area contributed by atoms with E-state index in [2.05, 4.69) is 0 Å². The molecule has 1 heterocycles. The van der Waals surface area contributed by atoms with Crippen LogP contribution in [0.1, 0.15) is 41.7 Å². The Labute approximate surface area is 116 Å². The van der Waals surface area contributed by atoms with Crippen molar-refractivity contribution in [3.8, 4) is 5.75 Å². The van der Waals surface area contributed by atoms with Gasteiger partial charge in [-0.3, -0.25) is 0 Å². The van der Waals surface area contributed by atoms with E-state index in [4.69, 9.17) is 10.5 Å². The summed E-state index contributed by atoms with van der Waals surface area (Å²) in [6, 6.07) is 13.8. The molecule has 2 N–H and O–H groups in total. The molecule has 4 heteroatoms. The van der Waals surface area contributed by atoms with Crippen LogP contribution >= 0.6 is 0 Å². The van der Waals surface area contributed by atoms with E-state index in [0.717, 1.165) is 16.9 Å². The van der Waals surface area contributed by atoms with Crippen molar-refractivity contribution in [1.82, 2.24) is 0 Å². The molecule has 0 aliphatic carbocycles. The van der Waals surface area contributed by atoms with Crippen LogP contribution in [0.15, 0.2) is 48.5 Å². The predicted octanol–water partition coefficient (Wildman–Crippen LogP) is 4.15. The predicted molar refractivity (Wildman–Crippen MR) is 72.8 cm³/mol. The first kappa shape index (κ1) is 13.1. The van der Waals surface area contributed by atoms with Crippen LogP contribution in [0.2, 0.25) is 0 Å². The molecule has 2 nitrogen and oxygen atoms in total. The Bertz CT molecular complexity index is 598. The summed E-state index contributed by atoms with van der Waals surface area (Å²) in [7, 11) is 0. The zero-order valence-electron chi connectivity index (χ0n) is 10.8. The fourth-order valence-electron chi connectivity index (χ4n) is 2.51. The van der Waals surface area contributed by atoms with Crippen LogP contribution in [0.4, 0.5) is 8.78 Å². The summed E-state index contributed by atoms with van der Waals surface area (Å²) < 4.78 is 31.0. The van der Waals surface area contributed by atoms with Crippen LogP contribution < -0.4 is 10.5 Å². The second-order valence-corrected chi connectivity index (χ2v) is 4.95. The van der Waals surface area contributed by atoms with Crippen LogP contribution in [0.3, 0.4) is 0 Å². The maximum Gasteiger partial charge on any atom is 0.263 e. The number of alkyl halides is 2. The Hall–Kier alpha value is -1.94. The van der Waals surface area contributed by atoms with Gasteiger partial charge >= 0.3 is 0 Å². The molecule has 2 aromatic rings. The van der Waals surface area contributed by atoms with E-state index in [1.165, 1.54) is 12.1 Å². The minimum Gasteiger partial charge on any atom is -0.485 e. The van der Waals surface area contributed by atoms with Crippen molar-refractivity contribution in [2.75, 3.05) is 0 Å². The fraction of sp³-hybridized carbons (Fsp3) is 0.250. The molecule has 0 amide bonds. The SMILES string of the molecule is N[C@H]1CC(c2ccc(C(F)F)cc2)Oc2ccccc21. The lowest BCUT2D eigenvalue weighted by Gasteiger charge is -2.30. The third kappa shape index (κ3) is 2.39. The van der Waals surface area contributed by atoms with E-state index >= 15 is 0 Å². The standard InChI is InChI=1S/C16H15F2NO/c17-16(18)11-7-5-10(6-8-11)15-9-13(19)12-3-1-2-4-14(12)20-15/h1-8,13,15-16H,9,19H2/t13-,15?/m0/s1. The molecule has 0 saturated heterocycles.